The van der Waals surface area contributed by atoms with Gasteiger partial charge in [0, 0.05) is 11.8 Å². The van der Waals surface area contributed by atoms with E-state index in [-0.39, 0.29) is 17.8 Å². The first-order valence-electron chi connectivity index (χ1n) is 9.62. The lowest BCUT2D eigenvalue weighted by Gasteiger charge is -2.20. The summed E-state index contributed by atoms with van der Waals surface area (Å²) in [7, 11) is 0. The summed E-state index contributed by atoms with van der Waals surface area (Å²) in [5.74, 6) is -0.123. The van der Waals surface area contributed by atoms with E-state index in [1.165, 1.54) is 18.3 Å². The molecule has 0 aliphatic heterocycles. The van der Waals surface area contributed by atoms with Crippen LogP contribution in [0.15, 0.2) is 91.1 Å². The van der Waals surface area contributed by atoms with Crippen molar-refractivity contribution in [2.45, 2.75) is 13.0 Å². The van der Waals surface area contributed by atoms with Crippen LogP contribution in [0.2, 0.25) is 0 Å². The third-order valence-corrected chi connectivity index (χ3v) is 4.87. The Morgan fingerprint density at radius 2 is 1.43 bits per heavy atom. The first kappa shape index (κ1) is 19.5. The van der Waals surface area contributed by atoms with Gasteiger partial charge in [-0.3, -0.25) is 4.79 Å². The van der Waals surface area contributed by atoms with Crippen molar-refractivity contribution in [1.82, 2.24) is 15.3 Å². The summed E-state index contributed by atoms with van der Waals surface area (Å²) < 4.78 is 13.2. The van der Waals surface area contributed by atoms with Gasteiger partial charge in [-0.25, -0.2) is 14.4 Å². The Kier molecular flexibility index (Phi) is 5.61. The first-order chi connectivity index (χ1) is 14.6. The van der Waals surface area contributed by atoms with Crippen LogP contribution < -0.4 is 5.32 Å². The molecule has 0 aliphatic rings. The topological polar surface area (TPSA) is 54.9 Å². The number of carbonyl (C=O) groups excluding carboxylic acids is 1. The van der Waals surface area contributed by atoms with Crippen molar-refractivity contribution in [3.63, 3.8) is 0 Å². The van der Waals surface area contributed by atoms with Gasteiger partial charge in [0.2, 0.25) is 0 Å². The van der Waals surface area contributed by atoms with Crippen molar-refractivity contribution in [1.29, 1.82) is 0 Å². The molecule has 1 N–H and O–H groups in total. The molecule has 4 rings (SSSR count). The fourth-order valence-corrected chi connectivity index (χ4v) is 3.29. The van der Waals surface area contributed by atoms with Gasteiger partial charge in [-0.2, -0.15) is 0 Å². The van der Waals surface area contributed by atoms with Crippen LogP contribution in [0.3, 0.4) is 0 Å². The molecule has 0 bridgehead atoms. The molecule has 3 aromatic carbocycles. The van der Waals surface area contributed by atoms with Crippen LogP contribution >= 0.6 is 0 Å². The zero-order valence-electron chi connectivity index (χ0n) is 16.4. The molecule has 30 heavy (non-hydrogen) atoms. The van der Waals surface area contributed by atoms with Gasteiger partial charge in [0.05, 0.1) is 17.3 Å². The lowest BCUT2D eigenvalue weighted by atomic mass is 9.98. The number of halogens is 1. The molecule has 0 spiro atoms. The number of nitrogens with zero attached hydrogens (tertiary/aromatic N) is 2. The van der Waals surface area contributed by atoms with Crippen molar-refractivity contribution in [3.05, 3.63) is 119 Å². The zero-order chi connectivity index (χ0) is 20.9. The molecule has 0 atom stereocenters. The molecule has 5 heteroatoms. The van der Waals surface area contributed by atoms with Gasteiger partial charge in [0.15, 0.2) is 5.82 Å². The SMILES string of the molecule is Cc1nc(-c2ccc(F)cc2)ncc1C(=O)NC(c1ccccc1)c1ccccc1. The average molecular weight is 397 g/mol. The predicted molar refractivity (Wildman–Crippen MR) is 114 cm³/mol. The highest BCUT2D eigenvalue weighted by atomic mass is 19.1. The van der Waals surface area contributed by atoms with Crippen LogP contribution in [-0.2, 0) is 0 Å². The summed E-state index contributed by atoms with van der Waals surface area (Å²) in [5, 5.41) is 3.10. The molecule has 148 valence electrons. The van der Waals surface area contributed by atoms with Gasteiger partial charge in [0.25, 0.3) is 5.91 Å². The highest BCUT2D eigenvalue weighted by molar-refractivity contribution is 5.95. The van der Waals surface area contributed by atoms with Gasteiger partial charge in [-0.05, 0) is 42.3 Å². The Balaban J connectivity index is 1.62. The maximum absolute atomic E-state index is 13.2. The fourth-order valence-electron chi connectivity index (χ4n) is 3.29. The Labute approximate surface area is 174 Å². The number of hydrogen-bond donors (Lipinski definition) is 1. The monoisotopic (exact) mass is 397 g/mol. The van der Waals surface area contributed by atoms with E-state index in [0.29, 0.717) is 22.6 Å². The smallest absolute Gasteiger partial charge is 0.255 e. The summed E-state index contributed by atoms with van der Waals surface area (Å²) in [4.78, 5) is 21.8. The highest BCUT2D eigenvalue weighted by Gasteiger charge is 2.20. The molecule has 0 aliphatic carbocycles. The molecule has 0 radical (unpaired) electrons. The van der Waals surface area contributed by atoms with Gasteiger partial charge >= 0.3 is 0 Å². The minimum absolute atomic E-state index is 0.254. The van der Waals surface area contributed by atoms with Gasteiger partial charge in [0.1, 0.15) is 5.82 Å². The summed E-state index contributed by atoms with van der Waals surface area (Å²) in [6.07, 6.45) is 1.52. The molecule has 4 aromatic rings. The molecule has 1 aromatic heterocycles. The fraction of sp³-hybridized carbons (Fsp3) is 0.0800. The maximum atomic E-state index is 13.2. The molecular weight excluding hydrogens is 377 g/mol. The van der Waals surface area contributed by atoms with E-state index in [4.69, 9.17) is 0 Å². The van der Waals surface area contributed by atoms with Crippen molar-refractivity contribution in [2.24, 2.45) is 0 Å². The van der Waals surface area contributed by atoms with E-state index >= 15 is 0 Å². The van der Waals surface area contributed by atoms with Crippen LogP contribution in [0, 0.1) is 12.7 Å². The molecule has 0 fully saturated rings. The number of amides is 1. The largest absolute Gasteiger partial charge is 0.341 e. The zero-order valence-corrected chi connectivity index (χ0v) is 16.4. The first-order valence-corrected chi connectivity index (χ1v) is 9.62. The second-order valence-electron chi connectivity index (χ2n) is 6.93. The van der Waals surface area contributed by atoms with Crippen LogP contribution in [0.1, 0.15) is 33.2 Å². The van der Waals surface area contributed by atoms with Crippen LogP contribution in [0.4, 0.5) is 4.39 Å². The lowest BCUT2D eigenvalue weighted by molar-refractivity contribution is 0.0941. The lowest BCUT2D eigenvalue weighted by Crippen LogP contribution is -2.30. The second kappa shape index (κ2) is 8.66. The van der Waals surface area contributed by atoms with Gasteiger partial charge in [-0.15, -0.1) is 0 Å². The highest BCUT2D eigenvalue weighted by Crippen LogP contribution is 2.23. The molecule has 1 amide bonds. The predicted octanol–water partition coefficient (Wildman–Crippen LogP) is 5.11. The van der Waals surface area contributed by atoms with Crippen molar-refractivity contribution >= 4 is 5.91 Å². The second-order valence-corrected chi connectivity index (χ2v) is 6.93. The summed E-state index contributed by atoms with van der Waals surface area (Å²) in [6, 6.07) is 25.3. The van der Waals surface area contributed by atoms with Crippen molar-refractivity contribution in [3.8, 4) is 11.4 Å². The summed E-state index contributed by atoms with van der Waals surface area (Å²) in [6.45, 7) is 1.77. The quantitative estimate of drug-likeness (QED) is 0.509. The maximum Gasteiger partial charge on any atom is 0.255 e. The van der Waals surface area contributed by atoms with Crippen LogP contribution in [0.5, 0.6) is 0 Å². The normalized spacial score (nSPS) is 10.8. The molecule has 1 heterocycles. The van der Waals surface area contributed by atoms with Crippen molar-refractivity contribution in [2.75, 3.05) is 0 Å². The summed E-state index contributed by atoms with van der Waals surface area (Å²) >= 11 is 0. The van der Waals surface area contributed by atoms with E-state index < -0.39 is 0 Å². The minimum atomic E-state index is -0.320. The molecule has 4 nitrogen and oxygen atoms in total. The molecule has 0 saturated carbocycles. The number of carbonyl (C=O) groups is 1. The number of aryl methyl sites for hydroxylation is 1. The molecule has 0 saturated heterocycles. The Hall–Kier alpha value is -3.86. The molecule has 0 unspecified atom stereocenters. The van der Waals surface area contributed by atoms with Crippen LogP contribution in [0.25, 0.3) is 11.4 Å². The van der Waals surface area contributed by atoms with E-state index in [9.17, 15) is 9.18 Å². The number of nitrogens with one attached hydrogen (secondary N) is 1. The average Bonchev–Trinajstić information content (AvgIpc) is 2.79. The number of hydrogen-bond acceptors (Lipinski definition) is 3. The van der Waals surface area contributed by atoms with Crippen molar-refractivity contribution < 1.29 is 9.18 Å². The number of rotatable bonds is 5. The minimum Gasteiger partial charge on any atom is -0.341 e. The Bertz CT molecular complexity index is 1110. The van der Waals surface area contributed by atoms with E-state index in [1.54, 1.807) is 19.1 Å². The number of benzene rings is 3. The standard InChI is InChI=1S/C25H20FN3O/c1-17-22(16-27-24(28-17)20-12-14-21(26)15-13-20)25(30)29-23(18-8-4-2-5-9-18)19-10-6-3-7-11-19/h2-16,23H,1H3,(H,29,30). The van der Waals surface area contributed by atoms with Gasteiger partial charge < -0.3 is 5.32 Å². The van der Waals surface area contributed by atoms with E-state index in [2.05, 4.69) is 15.3 Å². The third kappa shape index (κ3) is 4.25. The summed E-state index contributed by atoms with van der Waals surface area (Å²) in [5.41, 5.74) is 3.62. The van der Waals surface area contributed by atoms with Crippen LogP contribution in [-0.4, -0.2) is 15.9 Å². The Morgan fingerprint density at radius 1 is 0.867 bits per heavy atom. The van der Waals surface area contributed by atoms with E-state index in [0.717, 1.165) is 11.1 Å². The number of aromatic nitrogens is 2. The Morgan fingerprint density at radius 3 is 1.97 bits per heavy atom. The van der Waals surface area contributed by atoms with Gasteiger partial charge in [-0.1, -0.05) is 60.7 Å². The molecular formula is C25H20FN3O. The van der Waals surface area contributed by atoms with E-state index in [1.807, 2.05) is 60.7 Å². The third-order valence-electron chi connectivity index (χ3n) is 4.87.